The monoisotopic (exact) mass is 265 g/mol. The molecule has 1 N–H and O–H groups in total. The van der Waals surface area contributed by atoms with Crippen LogP contribution in [0.2, 0.25) is 0 Å². The lowest BCUT2D eigenvalue weighted by atomic mass is 10.0. The summed E-state index contributed by atoms with van der Waals surface area (Å²) in [5.41, 5.74) is -1.10. The van der Waals surface area contributed by atoms with E-state index in [0.717, 1.165) is 12.1 Å². The van der Waals surface area contributed by atoms with Gasteiger partial charge in [-0.05, 0) is 5.56 Å². The van der Waals surface area contributed by atoms with E-state index < -0.39 is 23.8 Å². The molecule has 1 aromatic rings. The van der Waals surface area contributed by atoms with Gasteiger partial charge in [-0.3, -0.25) is 0 Å². The molecule has 0 heterocycles. The Morgan fingerprint density at radius 2 is 1.61 bits per heavy atom. The van der Waals surface area contributed by atoms with Crippen LogP contribution in [-0.2, 0) is 5.92 Å². The van der Waals surface area contributed by atoms with Crippen LogP contribution in [0.1, 0.15) is 23.7 Å². The summed E-state index contributed by atoms with van der Waals surface area (Å²) >= 11 is 0. The normalized spacial score (nSPS) is 14.1. The number of hydrogen-bond donors (Lipinski definition) is 1. The van der Waals surface area contributed by atoms with E-state index in [1.54, 1.807) is 6.07 Å². The van der Waals surface area contributed by atoms with Gasteiger partial charge in [-0.25, -0.2) is 0 Å². The summed E-state index contributed by atoms with van der Waals surface area (Å²) in [6, 6.07) is 4.71. The Morgan fingerprint density at radius 3 is 2.00 bits per heavy atom. The van der Waals surface area contributed by atoms with Crippen molar-refractivity contribution in [3.05, 3.63) is 35.4 Å². The molecule has 0 aliphatic carbocycles. The molecular formula is C11H8F5NO. The van der Waals surface area contributed by atoms with E-state index in [2.05, 4.69) is 0 Å². The van der Waals surface area contributed by atoms with Gasteiger partial charge in [-0.1, -0.05) is 24.3 Å². The predicted molar refractivity (Wildman–Crippen MR) is 51.6 cm³/mol. The molecule has 0 saturated heterocycles. The molecule has 1 rings (SSSR count). The van der Waals surface area contributed by atoms with Gasteiger partial charge in [0.25, 0.3) is 0 Å². The van der Waals surface area contributed by atoms with E-state index in [9.17, 15) is 27.1 Å². The van der Waals surface area contributed by atoms with Crippen molar-refractivity contribution in [1.82, 2.24) is 0 Å². The van der Waals surface area contributed by atoms with Crippen molar-refractivity contribution in [1.29, 1.82) is 5.26 Å². The van der Waals surface area contributed by atoms with Gasteiger partial charge in [-0.2, -0.15) is 27.2 Å². The number of alkyl halides is 5. The van der Waals surface area contributed by atoms with E-state index in [4.69, 9.17) is 5.26 Å². The Bertz CT molecular complexity index is 446. The molecular weight excluding hydrogens is 257 g/mol. The Hall–Kier alpha value is -1.68. The number of halogens is 5. The maximum absolute atomic E-state index is 12.9. The molecule has 1 aromatic carbocycles. The number of hydrogen-bond acceptors (Lipinski definition) is 2. The van der Waals surface area contributed by atoms with Gasteiger partial charge >= 0.3 is 12.1 Å². The molecule has 18 heavy (non-hydrogen) atoms. The van der Waals surface area contributed by atoms with Gasteiger partial charge in [0, 0.05) is 5.56 Å². The molecule has 1 unspecified atom stereocenters. The lowest BCUT2D eigenvalue weighted by Crippen LogP contribution is -2.33. The van der Waals surface area contributed by atoms with E-state index in [1.165, 1.54) is 0 Å². The number of aliphatic hydroxyl groups excluding tert-OH is 1. The highest BCUT2D eigenvalue weighted by Crippen LogP contribution is 2.43. The zero-order valence-corrected chi connectivity index (χ0v) is 8.88. The molecule has 0 aromatic heterocycles. The molecule has 0 bridgehead atoms. The number of rotatable bonds is 3. The SMILES string of the molecule is N#CCC(O)c1ccc(C(F)(F)C(F)(F)F)cc1. The smallest absolute Gasteiger partial charge is 0.387 e. The second-order valence-corrected chi connectivity index (χ2v) is 3.57. The fourth-order valence-electron chi connectivity index (χ4n) is 1.28. The van der Waals surface area contributed by atoms with E-state index in [0.29, 0.717) is 12.1 Å². The third kappa shape index (κ3) is 2.76. The summed E-state index contributed by atoms with van der Waals surface area (Å²) in [5.74, 6) is -4.94. The van der Waals surface area contributed by atoms with E-state index in [-0.39, 0.29) is 12.0 Å². The van der Waals surface area contributed by atoms with Crippen LogP contribution in [0, 0.1) is 11.3 Å². The van der Waals surface area contributed by atoms with Gasteiger partial charge in [0.1, 0.15) is 0 Å². The van der Waals surface area contributed by atoms with Gasteiger partial charge in [0.15, 0.2) is 0 Å². The minimum absolute atomic E-state index is 0.110. The molecule has 7 heteroatoms. The lowest BCUT2D eigenvalue weighted by Gasteiger charge is -2.20. The van der Waals surface area contributed by atoms with Crippen molar-refractivity contribution in [2.45, 2.75) is 24.6 Å². The van der Waals surface area contributed by atoms with Gasteiger partial charge in [0.05, 0.1) is 18.6 Å². The molecule has 1 atom stereocenters. The Labute approximate surface area is 99.3 Å². The largest absolute Gasteiger partial charge is 0.458 e. The highest BCUT2D eigenvalue weighted by molar-refractivity contribution is 5.28. The second kappa shape index (κ2) is 4.90. The van der Waals surface area contributed by atoms with Crippen LogP contribution in [0.3, 0.4) is 0 Å². The Morgan fingerprint density at radius 1 is 1.11 bits per heavy atom. The predicted octanol–water partition coefficient (Wildman–Crippen LogP) is 3.29. The Kier molecular flexibility index (Phi) is 3.92. The molecule has 0 radical (unpaired) electrons. The first-order chi connectivity index (χ1) is 8.20. The average Bonchev–Trinajstić information content (AvgIpc) is 2.28. The molecule has 2 nitrogen and oxygen atoms in total. The van der Waals surface area contributed by atoms with Crippen LogP contribution in [0.5, 0.6) is 0 Å². The van der Waals surface area contributed by atoms with Crippen molar-refractivity contribution in [3.8, 4) is 6.07 Å². The quantitative estimate of drug-likeness (QED) is 0.852. The minimum Gasteiger partial charge on any atom is -0.387 e. The van der Waals surface area contributed by atoms with Gasteiger partial charge in [0.2, 0.25) is 0 Å². The topological polar surface area (TPSA) is 44.0 Å². The zero-order valence-electron chi connectivity index (χ0n) is 8.88. The van der Waals surface area contributed by atoms with Crippen molar-refractivity contribution >= 4 is 0 Å². The first-order valence-electron chi connectivity index (χ1n) is 4.80. The maximum Gasteiger partial charge on any atom is 0.458 e. The van der Waals surface area contributed by atoms with Crippen LogP contribution in [0.15, 0.2) is 24.3 Å². The van der Waals surface area contributed by atoms with Crippen molar-refractivity contribution in [3.63, 3.8) is 0 Å². The number of aliphatic hydroxyl groups is 1. The number of benzene rings is 1. The van der Waals surface area contributed by atoms with Crippen LogP contribution >= 0.6 is 0 Å². The summed E-state index contributed by atoms with van der Waals surface area (Å²) in [4.78, 5) is 0. The third-order valence-electron chi connectivity index (χ3n) is 2.30. The number of nitrogens with zero attached hydrogens (tertiary/aromatic N) is 1. The van der Waals surface area contributed by atoms with Crippen LogP contribution in [0.25, 0.3) is 0 Å². The zero-order chi connectivity index (χ0) is 14.0. The highest BCUT2D eigenvalue weighted by atomic mass is 19.4. The average molecular weight is 265 g/mol. The first kappa shape index (κ1) is 14.4. The summed E-state index contributed by atoms with van der Waals surface area (Å²) in [6.45, 7) is 0. The van der Waals surface area contributed by atoms with Crippen LogP contribution in [0.4, 0.5) is 22.0 Å². The molecule has 0 fully saturated rings. The second-order valence-electron chi connectivity index (χ2n) is 3.57. The first-order valence-corrected chi connectivity index (χ1v) is 4.80. The summed E-state index contributed by atoms with van der Waals surface area (Å²) in [6.07, 6.45) is -7.14. The van der Waals surface area contributed by atoms with Crippen molar-refractivity contribution in [2.24, 2.45) is 0 Å². The molecule has 98 valence electrons. The fourth-order valence-corrected chi connectivity index (χ4v) is 1.28. The molecule has 0 aliphatic rings. The van der Waals surface area contributed by atoms with Gasteiger partial charge < -0.3 is 5.11 Å². The van der Waals surface area contributed by atoms with E-state index in [1.807, 2.05) is 0 Å². The standard InChI is InChI=1S/C11H8F5NO/c12-10(13,11(14,15)16)8-3-1-7(2-4-8)9(18)5-6-17/h1-4,9,18H,5H2. The maximum atomic E-state index is 12.9. The third-order valence-corrected chi connectivity index (χ3v) is 2.30. The molecule has 0 saturated carbocycles. The van der Waals surface area contributed by atoms with Crippen LogP contribution < -0.4 is 0 Å². The van der Waals surface area contributed by atoms with Gasteiger partial charge in [-0.15, -0.1) is 0 Å². The molecule has 0 spiro atoms. The van der Waals surface area contributed by atoms with Crippen molar-refractivity contribution < 1.29 is 27.1 Å². The van der Waals surface area contributed by atoms with Crippen molar-refractivity contribution in [2.75, 3.05) is 0 Å². The molecule has 0 amide bonds. The fraction of sp³-hybridized carbons (Fsp3) is 0.364. The van der Waals surface area contributed by atoms with Crippen LogP contribution in [-0.4, -0.2) is 11.3 Å². The summed E-state index contributed by atoms with van der Waals surface area (Å²) < 4.78 is 62.0. The molecule has 0 aliphatic heterocycles. The van der Waals surface area contributed by atoms with E-state index >= 15 is 0 Å². The summed E-state index contributed by atoms with van der Waals surface area (Å²) in [5, 5.41) is 17.7. The lowest BCUT2D eigenvalue weighted by molar-refractivity contribution is -0.289. The minimum atomic E-state index is -5.67. The number of nitriles is 1. The summed E-state index contributed by atoms with van der Waals surface area (Å²) in [7, 11) is 0. The highest BCUT2D eigenvalue weighted by Gasteiger charge is 2.58. The Balaban J connectivity index is 3.00.